The largest absolute Gasteiger partial charge is 0.355 e. The zero-order chi connectivity index (χ0) is 13.0. The van der Waals surface area contributed by atoms with E-state index in [2.05, 4.69) is 10.6 Å². The topological polar surface area (TPSA) is 87.5 Å². The van der Waals surface area contributed by atoms with Crippen LogP contribution in [-0.2, 0) is 4.79 Å². The Morgan fingerprint density at radius 1 is 1.28 bits per heavy atom. The van der Waals surface area contributed by atoms with Gasteiger partial charge in [-0.1, -0.05) is 0 Å². The first-order chi connectivity index (χ1) is 8.66. The molecule has 102 valence electrons. The highest BCUT2D eigenvalue weighted by Crippen LogP contribution is 2.13. The molecule has 2 aliphatic rings. The van der Waals surface area contributed by atoms with E-state index in [4.69, 9.17) is 5.73 Å². The molecule has 2 heterocycles. The molecule has 18 heavy (non-hydrogen) atoms. The molecule has 0 spiro atoms. The smallest absolute Gasteiger partial charge is 0.314 e. The third-order valence-electron chi connectivity index (χ3n) is 3.78. The van der Waals surface area contributed by atoms with E-state index in [0.717, 1.165) is 38.6 Å². The van der Waals surface area contributed by atoms with Crippen molar-refractivity contribution in [3.8, 4) is 0 Å². The summed E-state index contributed by atoms with van der Waals surface area (Å²) < 4.78 is 0. The summed E-state index contributed by atoms with van der Waals surface area (Å²) in [6.45, 7) is 2.15. The SMILES string of the molecule is NC(=O)N1CCC(NC2CCCCNC2=O)CC1. The molecule has 0 saturated carbocycles. The molecular weight excluding hydrogens is 232 g/mol. The monoisotopic (exact) mass is 254 g/mol. The number of carbonyl (C=O) groups excluding carboxylic acids is 2. The maximum absolute atomic E-state index is 11.8. The van der Waals surface area contributed by atoms with Crippen LogP contribution in [0.2, 0.25) is 0 Å². The fourth-order valence-corrected chi connectivity index (χ4v) is 2.65. The fraction of sp³-hybridized carbons (Fsp3) is 0.833. The van der Waals surface area contributed by atoms with E-state index in [0.29, 0.717) is 19.1 Å². The predicted octanol–water partition coefficient (Wildman–Crippen LogP) is -0.212. The zero-order valence-corrected chi connectivity index (χ0v) is 10.7. The molecule has 0 aromatic heterocycles. The van der Waals surface area contributed by atoms with Gasteiger partial charge in [0.1, 0.15) is 0 Å². The summed E-state index contributed by atoms with van der Waals surface area (Å²) in [4.78, 5) is 24.5. The highest BCUT2D eigenvalue weighted by molar-refractivity contribution is 5.81. The third-order valence-corrected chi connectivity index (χ3v) is 3.78. The highest BCUT2D eigenvalue weighted by Gasteiger charge is 2.26. The third kappa shape index (κ3) is 3.35. The number of nitrogens with zero attached hydrogens (tertiary/aromatic N) is 1. The minimum absolute atomic E-state index is 0.0716. The van der Waals surface area contributed by atoms with Crippen LogP contribution in [0.5, 0.6) is 0 Å². The second-order valence-electron chi connectivity index (χ2n) is 5.11. The predicted molar refractivity (Wildman–Crippen MR) is 68.0 cm³/mol. The van der Waals surface area contributed by atoms with Crippen LogP contribution in [0.15, 0.2) is 0 Å². The first-order valence-electron chi connectivity index (χ1n) is 6.75. The van der Waals surface area contributed by atoms with Gasteiger partial charge in [0.15, 0.2) is 0 Å². The minimum atomic E-state index is -0.347. The standard InChI is InChI=1S/C12H22N4O2/c13-12(18)16-7-4-9(5-8-16)15-10-3-1-2-6-14-11(10)17/h9-10,15H,1-8H2,(H2,13,18)(H,14,17). The molecule has 6 heteroatoms. The highest BCUT2D eigenvalue weighted by atomic mass is 16.2. The lowest BCUT2D eigenvalue weighted by Gasteiger charge is -2.33. The molecule has 2 saturated heterocycles. The second-order valence-corrected chi connectivity index (χ2v) is 5.11. The molecule has 1 atom stereocenters. The molecule has 2 aliphatic heterocycles. The number of likely N-dealkylation sites (tertiary alicyclic amines) is 1. The Bertz CT molecular complexity index is 313. The normalized spacial score (nSPS) is 26.6. The molecule has 0 aromatic carbocycles. The summed E-state index contributed by atoms with van der Waals surface area (Å²) in [6.07, 6.45) is 4.78. The van der Waals surface area contributed by atoms with Gasteiger partial charge in [-0.25, -0.2) is 4.79 Å². The van der Waals surface area contributed by atoms with Crippen LogP contribution < -0.4 is 16.4 Å². The molecule has 6 nitrogen and oxygen atoms in total. The number of hydrogen-bond donors (Lipinski definition) is 3. The Hall–Kier alpha value is -1.30. The van der Waals surface area contributed by atoms with Gasteiger partial charge in [-0.3, -0.25) is 4.79 Å². The number of piperidine rings is 1. The van der Waals surface area contributed by atoms with Crippen LogP contribution in [0, 0.1) is 0 Å². The summed E-state index contributed by atoms with van der Waals surface area (Å²) in [5.41, 5.74) is 5.24. The first-order valence-corrected chi connectivity index (χ1v) is 6.75. The van der Waals surface area contributed by atoms with Crippen molar-refractivity contribution in [1.29, 1.82) is 0 Å². The summed E-state index contributed by atoms with van der Waals surface area (Å²) in [5, 5.41) is 6.34. The Labute approximate surface area is 107 Å². The lowest BCUT2D eigenvalue weighted by Crippen LogP contribution is -2.52. The lowest BCUT2D eigenvalue weighted by atomic mass is 10.0. The van der Waals surface area contributed by atoms with Gasteiger partial charge in [0.2, 0.25) is 5.91 Å². The van der Waals surface area contributed by atoms with Gasteiger partial charge in [-0.2, -0.15) is 0 Å². The van der Waals surface area contributed by atoms with Gasteiger partial charge >= 0.3 is 6.03 Å². The molecule has 0 aliphatic carbocycles. The minimum Gasteiger partial charge on any atom is -0.355 e. The molecule has 1 unspecified atom stereocenters. The lowest BCUT2D eigenvalue weighted by molar-refractivity contribution is -0.123. The number of hydrogen-bond acceptors (Lipinski definition) is 3. The van der Waals surface area contributed by atoms with Crippen molar-refractivity contribution in [1.82, 2.24) is 15.5 Å². The van der Waals surface area contributed by atoms with Gasteiger partial charge in [0.05, 0.1) is 6.04 Å². The molecule has 0 bridgehead atoms. The molecular formula is C12H22N4O2. The van der Waals surface area contributed by atoms with Crippen molar-refractivity contribution in [3.63, 3.8) is 0 Å². The van der Waals surface area contributed by atoms with Crippen molar-refractivity contribution in [3.05, 3.63) is 0 Å². The molecule has 0 radical (unpaired) electrons. The Morgan fingerprint density at radius 3 is 2.67 bits per heavy atom. The number of primary amides is 1. The van der Waals surface area contributed by atoms with Crippen molar-refractivity contribution in [2.75, 3.05) is 19.6 Å². The van der Waals surface area contributed by atoms with Crippen LogP contribution in [0.25, 0.3) is 0 Å². The van der Waals surface area contributed by atoms with E-state index in [9.17, 15) is 9.59 Å². The van der Waals surface area contributed by atoms with Gasteiger partial charge in [0, 0.05) is 25.7 Å². The van der Waals surface area contributed by atoms with Gasteiger partial charge in [-0.15, -0.1) is 0 Å². The quantitative estimate of drug-likeness (QED) is 0.637. The average molecular weight is 254 g/mol. The number of urea groups is 1. The number of nitrogens with one attached hydrogen (secondary N) is 2. The Kier molecular flexibility index (Phi) is 4.41. The number of rotatable bonds is 2. The van der Waals surface area contributed by atoms with E-state index in [1.54, 1.807) is 4.90 Å². The van der Waals surface area contributed by atoms with Crippen molar-refractivity contribution >= 4 is 11.9 Å². The van der Waals surface area contributed by atoms with Crippen molar-refractivity contribution in [2.24, 2.45) is 5.73 Å². The first kappa shape index (κ1) is 13.1. The maximum Gasteiger partial charge on any atom is 0.314 e. The summed E-state index contributed by atoms with van der Waals surface area (Å²) >= 11 is 0. The number of carbonyl (C=O) groups is 2. The summed E-state index contributed by atoms with van der Waals surface area (Å²) in [6, 6.07) is -0.104. The van der Waals surface area contributed by atoms with Gasteiger partial charge in [-0.05, 0) is 32.1 Å². The van der Waals surface area contributed by atoms with E-state index < -0.39 is 0 Å². The summed E-state index contributed by atoms with van der Waals surface area (Å²) in [5.74, 6) is 0.116. The number of amides is 3. The van der Waals surface area contributed by atoms with Gasteiger partial charge < -0.3 is 21.3 Å². The van der Waals surface area contributed by atoms with Gasteiger partial charge in [0.25, 0.3) is 0 Å². The summed E-state index contributed by atoms with van der Waals surface area (Å²) in [7, 11) is 0. The Balaban J connectivity index is 1.79. The van der Waals surface area contributed by atoms with Crippen molar-refractivity contribution < 1.29 is 9.59 Å². The zero-order valence-electron chi connectivity index (χ0n) is 10.7. The van der Waals surface area contributed by atoms with Crippen LogP contribution in [0.3, 0.4) is 0 Å². The van der Waals surface area contributed by atoms with Crippen LogP contribution in [0.4, 0.5) is 4.79 Å². The van der Waals surface area contributed by atoms with E-state index >= 15 is 0 Å². The van der Waals surface area contributed by atoms with E-state index in [1.165, 1.54) is 0 Å². The molecule has 2 rings (SSSR count). The second kappa shape index (κ2) is 6.04. The fourth-order valence-electron chi connectivity index (χ4n) is 2.65. The molecule has 4 N–H and O–H groups in total. The van der Waals surface area contributed by atoms with Crippen LogP contribution in [-0.4, -0.2) is 48.6 Å². The van der Waals surface area contributed by atoms with Crippen LogP contribution in [0.1, 0.15) is 32.1 Å². The molecule has 3 amide bonds. The molecule has 0 aromatic rings. The number of nitrogens with two attached hydrogens (primary N) is 1. The van der Waals surface area contributed by atoms with E-state index in [-0.39, 0.29) is 18.0 Å². The van der Waals surface area contributed by atoms with Crippen LogP contribution >= 0.6 is 0 Å². The molecule has 2 fully saturated rings. The van der Waals surface area contributed by atoms with E-state index in [1.807, 2.05) is 0 Å². The Morgan fingerprint density at radius 2 is 2.00 bits per heavy atom. The van der Waals surface area contributed by atoms with Crippen molar-refractivity contribution in [2.45, 2.75) is 44.2 Å². The maximum atomic E-state index is 11.8. The average Bonchev–Trinajstić information content (AvgIpc) is 2.56.